The molecule has 0 fully saturated rings. The van der Waals surface area contributed by atoms with Crippen LogP contribution in [0.15, 0.2) is 24.3 Å². The largest absolute Gasteiger partial charge is 0.444 e. The van der Waals surface area contributed by atoms with Crippen molar-refractivity contribution in [2.75, 3.05) is 6.54 Å². The smallest absolute Gasteiger partial charge is 0.407 e. The normalized spacial score (nSPS) is 13.1. The lowest BCUT2D eigenvalue weighted by Gasteiger charge is -2.21. The first-order valence-corrected chi connectivity index (χ1v) is 7.73. The predicted molar refractivity (Wildman–Crippen MR) is 87.6 cm³/mol. The molecule has 1 atom stereocenters. The molecule has 0 spiro atoms. The van der Waals surface area contributed by atoms with Crippen LogP contribution in [0, 0.1) is 5.92 Å². The minimum Gasteiger partial charge on any atom is -0.444 e. The molecule has 0 aromatic heterocycles. The molecule has 1 amide bonds. The summed E-state index contributed by atoms with van der Waals surface area (Å²) in [6, 6.07) is 8.66. The molecule has 1 aromatic carbocycles. The molecule has 0 aliphatic heterocycles. The van der Waals surface area contributed by atoms with Crippen LogP contribution in [0.2, 0.25) is 0 Å². The van der Waals surface area contributed by atoms with E-state index in [1.807, 2.05) is 20.8 Å². The van der Waals surface area contributed by atoms with E-state index in [-0.39, 0.29) is 12.0 Å². The van der Waals surface area contributed by atoms with E-state index in [9.17, 15) is 4.79 Å². The fourth-order valence-electron chi connectivity index (χ4n) is 2.12. The van der Waals surface area contributed by atoms with Gasteiger partial charge in [0.05, 0.1) is 0 Å². The summed E-state index contributed by atoms with van der Waals surface area (Å²) in [5.41, 5.74) is 2.14. The van der Waals surface area contributed by atoms with Gasteiger partial charge in [0.15, 0.2) is 0 Å². The molecule has 0 bridgehead atoms. The van der Waals surface area contributed by atoms with Crippen molar-refractivity contribution in [3.8, 4) is 0 Å². The Morgan fingerprint density at radius 1 is 1.14 bits per heavy atom. The zero-order chi connectivity index (χ0) is 16.0. The summed E-state index contributed by atoms with van der Waals surface area (Å²) in [6.45, 7) is 12.7. The van der Waals surface area contributed by atoms with Crippen LogP contribution in [0.1, 0.15) is 58.6 Å². The summed E-state index contributed by atoms with van der Waals surface area (Å²) < 4.78 is 5.24. The van der Waals surface area contributed by atoms with Gasteiger partial charge in [-0.1, -0.05) is 45.0 Å². The van der Waals surface area contributed by atoms with Crippen molar-refractivity contribution in [3.63, 3.8) is 0 Å². The quantitative estimate of drug-likeness (QED) is 0.866. The molecule has 0 saturated carbocycles. The van der Waals surface area contributed by atoms with Crippen molar-refractivity contribution in [1.82, 2.24) is 5.32 Å². The minimum absolute atomic E-state index is 0.269. The Kier molecular flexibility index (Phi) is 6.25. The number of alkyl carbamates (subject to hydrolysis) is 1. The van der Waals surface area contributed by atoms with Crippen LogP contribution < -0.4 is 5.32 Å². The van der Waals surface area contributed by atoms with Crippen molar-refractivity contribution in [3.05, 3.63) is 35.4 Å². The molecule has 3 heteroatoms. The minimum atomic E-state index is -0.453. The maximum atomic E-state index is 11.6. The average molecular weight is 291 g/mol. The highest BCUT2D eigenvalue weighted by Crippen LogP contribution is 2.17. The van der Waals surface area contributed by atoms with Gasteiger partial charge >= 0.3 is 6.09 Å². The summed E-state index contributed by atoms with van der Waals surface area (Å²) in [5.74, 6) is 0.938. The summed E-state index contributed by atoms with van der Waals surface area (Å²) in [5, 5.41) is 2.82. The van der Waals surface area contributed by atoms with E-state index in [0.717, 1.165) is 6.42 Å². The zero-order valence-corrected chi connectivity index (χ0v) is 14.2. The average Bonchev–Trinajstić information content (AvgIpc) is 2.34. The molecule has 1 rings (SSSR count). The first-order valence-electron chi connectivity index (χ1n) is 7.73. The maximum Gasteiger partial charge on any atom is 0.407 e. The first kappa shape index (κ1) is 17.5. The number of carbonyl (C=O) groups is 1. The molecule has 0 heterocycles. The predicted octanol–water partition coefficient (Wildman–Crippen LogP) is 4.51. The Hall–Kier alpha value is -1.51. The van der Waals surface area contributed by atoms with Crippen LogP contribution in [0.4, 0.5) is 4.79 Å². The Morgan fingerprint density at radius 2 is 1.71 bits per heavy atom. The monoisotopic (exact) mass is 291 g/mol. The van der Waals surface area contributed by atoms with E-state index in [1.165, 1.54) is 11.1 Å². The SMILES string of the molecule is CC(C)Cc1ccc([C@H](C)CNC(=O)OC(C)(C)C)cc1. The Balaban J connectivity index is 2.48. The van der Waals surface area contributed by atoms with Crippen LogP contribution in [-0.4, -0.2) is 18.2 Å². The van der Waals surface area contributed by atoms with Crippen LogP contribution in [-0.2, 0) is 11.2 Å². The van der Waals surface area contributed by atoms with Gasteiger partial charge in [-0.3, -0.25) is 0 Å². The van der Waals surface area contributed by atoms with Gasteiger partial charge in [0.2, 0.25) is 0 Å². The lowest BCUT2D eigenvalue weighted by atomic mass is 9.97. The third-order valence-corrected chi connectivity index (χ3v) is 3.14. The third-order valence-electron chi connectivity index (χ3n) is 3.14. The fourth-order valence-corrected chi connectivity index (χ4v) is 2.12. The van der Waals surface area contributed by atoms with Crippen LogP contribution in [0.25, 0.3) is 0 Å². The van der Waals surface area contributed by atoms with Crippen LogP contribution >= 0.6 is 0 Å². The third kappa shape index (κ3) is 7.16. The fraction of sp³-hybridized carbons (Fsp3) is 0.611. The van der Waals surface area contributed by atoms with E-state index in [0.29, 0.717) is 12.5 Å². The number of nitrogens with one attached hydrogen (secondary N) is 1. The number of ether oxygens (including phenoxy) is 1. The van der Waals surface area contributed by atoms with Crippen molar-refractivity contribution < 1.29 is 9.53 Å². The molecular formula is C18H29NO2. The molecule has 3 nitrogen and oxygen atoms in total. The first-order chi connectivity index (χ1) is 9.67. The Labute approximate surface area is 129 Å². The van der Waals surface area contributed by atoms with E-state index in [1.54, 1.807) is 0 Å². The van der Waals surface area contributed by atoms with Gasteiger partial charge in [-0.15, -0.1) is 0 Å². The van der Waals surface area contributed by atoms with Gasteiger partial charge < -0.3 is 10.1 Å². The molecule has 0 radical (unpaired) electrons. The maximum absolute atomic E-state index is 11.6. The molecule has 1 N–H and O–H groups in total. The van der Waals surface area contributed by atoms with Crippen molar-refractivity contribution in [2.45, 2.75) is 59.5 Å². The summed E-state index contributed by atoms with van der Waals surface area (Å²) in [6.07, 6.45) is 0.746. The van der Waals surface area contributed by atoms with Crippen molar-refractivity contribution >= 4 is 6.09 Å². The molecule has 118 valence electrons. The summed E-state index contributed by atoms with van der Waals surface area (Å²) in [4.78, 5) is 11.6. The highest BCUT2D eigenvalue weighted by molar-refractivity contribution is 5.67. The highest BCUT2D eigenvalue weighted by atomic mass is 16.6. The molecule has 0 saturated heterocycles. The number of carbonyl (C=O) groups excluding carboxylic acids is 1. The van der Waals surface area contributed by atoms with Gasteiger partial charge in [-0.2, -0.15) is 0 Å². The highest BCUT2D eigenvalue weighted by Gasteiger charge is 2.16. The van der Waals surface area contributed by atoms with Gasteiger partial charge in [-0.05, 0) is 50.2 Å². The zero-order valence-electron chi connectivity index (χ0n) is 14.2. The van der Waals surface area contributed by atoms with Crippen molar-refractivity contribution in [2.24, 2.45) is 5.92 Å². The molecule has 0 aliphatic carbocycles. The van der Waals surface area contributed by atoms with Gasteiger partial charge in [-0.25, -0.2) is 4.79 Å². The molecule has 1 aromatic rings. The number of benzene rings is 1. The van der Waals surface area contributed by atoms with E-state index < -0.39 is 5.60 Å². The number of hydrogen-bond donors (Lipinski definition) is 1. The number of hydrogen-bond acceptors (Lipinski definition) is 2. The lowest BCUT2D eigenvalue weighted by Crippen LogP contribution is -2.34. The second-order valence-corrected chi connectivity index (χ2v) is 7.12. The van der Waals surface area contributed by atoms with Crippen LogP contribution in [0.3, 0.4) is 0 Å². The lowest BCUT2D eigenvalue weighted by molar-refractivity contribution is 0.0525. The van der Waals surface area contributed by atoms with E-state index in [4.69, 9.17) is 4.74 Å². The molecular weight excluding hydrogens is 262 g/mol. The second kappa shape index (κ2) is 7.48. The van der Waals surface area contributed by atoms with Gasteiger partial charge in [0, 0.05) is 6.54 Å². The van der Waals surface area contributed by atoms with E-state index in [2.05, 4.69) is 50.4 Å². The Bertz CT molecular complexity index is 443. The molecule has 21 heavy (non-hydrogen) atoms. The summed E-state index contributed by atoms with van der Waals surface area (Å²) in [7, 11) is 0. The summed E-state index contributed by atoms with van der Waals surface area (Å²) >= 11 is 0. The molecule has 0 unspecified atom stereocenters. The second-order valence-electron chi connectivity index (χ2n) is 7.12. The van der Waals surface area contributed by atoms with Gasteiger partial charge in [0.1, 0.15) is 5.60 Å². The van der Waals surface area contributed by atoms with Gasteiger partial charge in [0.25, 0.3) is 0 Å². The number of amides is 1. The van der Waals surface area contributed by atoms with E-state index >= 15 is 0 Å². The topological polar surface area (TPSA) is 38.3 Å². The number of rotatable bonds is 5. The molecule has 0 aliphatic rings. The Morgan fingerprint density at radius 3 is 2.19 bits per heavy atom. The van der Waals surface area contributed by atoms with Crippen LogP contribution in [0.5, 0.6) is 0 Å². The van der Waals surface area contributed by atoms with Crippen molar-refractivity contribution in [1.29, 1.82) is 0 Å². The standard InChI is InChI=1S/C18H29NO2/c1-13(2)11-15-7-9-16(10-8-15)14(3)12-19-17(20)21-18(4,5)6/h7-10,13-14H,11-12H2,1-6H3,(H,19,20)/t14-/m1/s1.